The summed E-state index contributed by atoms with van der Waals surface area (Å²) < 4.78 is 16.9. The minimum Gasteiger partial charge on any atom is -0.367 e. The fourth-order valence-corrected chi connectivity index (χ4v) is 3.82. The zero-order valence-corrected chi connectivity index (χ0v) is 17.2. The lowest BCUT2D eigenvalue weighted by Crippen LogP contribution is -2.33. The molecule has 6 nitrogen and oxygen atoms in total. The Kier molecular flexibility index (Phi) is 5.18. The van der Waals surface area contributed by atoms with Crippen LogP contribution in [0.25, 0.3) is 5.65 Å². The molecule has 2 aromatic heterocycles. The number of nitrogens with one attached hydrogen (secondary N) is 2. The standard InChI is InChI=1S/C19H22FIN6/c1-11-17(24-14-8-4-13(22)5-9-14)26-19-16(20)10-23-27(19)18(11)25-15-6-2-12(21)3-7-15/h2-3,6-7,10,13-14,25H,4-5,8-9,22H2,1H3,(H,24,26). The Bertz CT molecular complexity index is 947. The normalized spacial score (nSPS) is 20.0. The number of nitrogens with zero attached hydrogens (tertiary/aromatic N) is 3. The maximum Gasteiger partial charge on any atom is 0.195 e. The average molecular weight is 480 g/mol. The van der Waals surface area contributed by atoms with E-state index in [1.54, 1.807) is 0 Å². The Morgan fingerprint density at radius 2 is 1.89 bits per heavy atom. The number of aromatic nitrogens is 3. The van der Waals surface area contributed by atoms with E-state index in [4.69, 9.17) is 5.73 Å². The van der Waals surface area contributed by atoms with Crippen LogP contribution in [-0.2, 0) is 0 Å². The number of hydrogen-bond acceptors (Lipinski definition) is 5. The molecule has 1 aromatic carbocycles. The van der Waals surface area contributed by atoms with E-state index < -0.39 is 5.82 Å². The summed E-state index contributed by atoms with van der Waals surface area (Å²) in [5.74, 6) is 0.963. The fourth-order valence-electron chi connectivity index (χ4n) is 3.46. The van der Waals surface area contributed by atoms with Gasteiger partial charge < -0.3 is 16.4 Å². The Morgan fingerprint density at radius 1 is 1.19 bits per heavy atom. The van der Waals surface area contributed by atoms with Crippen molar-refractivity contribution in [1.82, 2.24) is 14.6 Å². The first-order valence-electron chi connectivity index (χ1n) is 9.10. The van der Waals surface area contributed by atoms with E-state index in [1.807, 2.05) is 31.2 Å². The van der Waals surface area contributed by atoms with Gasteiger partial charge in [0.15, 0.2) is 11.5 Å². The van der Waals surface area contributed by atoms with Crippen LogP contribution in [0.2, 0.25) is 0 Å². The van der Waals surface area contributed by atoms with Crippen LogP contribution in [0.3, 0.4) is 0 Å². The first kappa shape index (κ1) is 18.4. The Balaban J connectivity index is 1.70. The maximum absolute atomic E-state index is 14.2. The first-order valence-corrected chi connectivity index (χ1v) is 10.2. The number of nitrogens with two attached hydrogens (primary N) is 1. The molecule has 2 heterocycles. The quantitative estimate of drug-likeness (QED) is 0.488. The van der Waals surface area contributed by atoms with Crippen molar-refractivity contribution in [2.75, 3.05) is 10.6 Å². The molecule has 0 unspecified atom stereocenters. The van der Waals surface area contributed by atoms with Gasteiger partial charge in [0.25, 0.3) is 0 Å². The van der Waals surface area contributed by atoms with Crippen molar-refractivity contribution in [1.29, 1.82) is 0 Å². The molecule has 1 fully saturated rings. The molecule has 142 valence electrons. The molecule has 3 aromatic rings. The summed E-state index contributed by atoms with van der Waals surface area (Å²) in [5, 5.41) is 11.0. The highest BCUT2D eigenvalue weighted by Crippen LogP contribution is 2.29. The molecule has 0 bridgehead atoms. The topological polar surface area (TPSA) is 80.3 Å². The number of halogens is 2. The molecule has 27 heavy (non-hydrogen) atoms. The predicted octanol–water partition coefficient (Wildman–Crippen LogP) is 4.21. The Morgan fingerprint density at radius 3 is 2.59 bits per heavy atom. The first-order chi connectivity index (χ1) is 13.0. The Labute approximate surface area is 170 Å². The van der Waals surface area contributed by atoms with E-state index in [2.05, 4.69) is 43.3 Å². The van der Waals surface area contributed by atoms with Crippen molar-refractivity contribution in [3.63, 3.8) is 0 Å². The SMILES string of the molecule is Cc1c(NC2CCC(N)CC2)nc2c(F)cnn2c1Nc1ccc(I)cc1. The molecule has 0 radical (unpaired) electrons. The number of hydrogen-bond donors (Lipinski definition) is 3. The Hall–Kier alpha value is -1.94. The molecular weight excluding hydrogens is 458 g/mol. The van der Waals surface area contributed by atoms with Crippen molar-refractivity contribution >= 4 is 45.6 Å². The van der Waals surface area contributed by atoms with E-state index in [-0.39, 0.29) is 11.7 Å². The molecule has 0 amide bonds. The lowest BCUT2D eigenvalue weighted by molar-refractivity contribution is 0.410. The zero-order valence-electron chi connectivity index (χ0n) is 15.0. The van der Waals surface area contributed by atoms with Gasteiger partial charge in [0.1, 0.15) is 11.6 Å². The lowest BCUT2D eigenvalue weighted by Gasteiger charge is -2.28. The largest absolute Gasteiger partial charge is 0.367 e. The maximum atomic E-state index is 14.2. The van der Waals surface area contributed by atoms with Gasteiger partial charge in [-0.15, -0.1) is 0 Å². The molecule has 1 saturated carbocycles. The van der Waals surface area contributed by atoms with Crippen LogP contribution in [0.5, 0.6) is 0 Å². The van der Waals surface area contributed by atoms with Crippen molar-refractivity contribution in [2.45, 2.75) is 44.7 Å². The van der Waals surface area contributed by atoms with Gasteiger partial charge in [-0.1, -0.05) is 0 Å². The summed E-state index contributed by atoms with van der Waals surface area (Å²) in [6, 6.07) is 8.60. The van der Waals surface area contributed by atoms with Gasteiger partial charge in [-0.05, 0) is 79.5 Å². The minimum atomic E-state index is -0.436. The summed E-state index contributed by atoms with van der Waals surface area (Å²) in [4.78, 5) is 4.51. The van der Waals surface area contributed by atoms with Gasteiger partial charge in [0.2, 0.25) is 0 Å². The van der Waals surface area contributed by atoms with Gasteiger partial charge in [-0.25, -0.2) is 9.37 Å². The number of rotatable bonds is 4. The molecule has 4 rings (SSSR count). The van der Waals surface area contributed by atoms with E-state index in [1.165, 1.54) is 10.7 Å². The van der Waals surface area contributed by atoms with Crippen LogP contribution in [0.1, 0.15) is 31.2 Å². The molecule has 0 saturated heterocycles. The molecular formula is C19H22FIN6. The van der Waals surface area contributed by atoms with Crippen LogP contribution >= 0.6 is 22.6 Å². The van der Waals surface area contributed by atoms with Crippen molar-refractivity contribution in [3.8, 4) is 0 Å². The monoisotopic (exact) mass is 480 g/mol. The third-order valence-corrected chi connectivity index (χ3v) is 5.78. The second-order valence-corrected chi connectivity index (χ2v) is 8.30. The van der Waals surface area contributed by atoms with E-state index >= 15 is 0 Å². The van der Waals surface area contributed by atoms with Gasteiger partial charge in [-0.3, -0.25) is 0 Å². The van der Waals surface area contributed by atoms with Crippen LogP contribution in [0.15, 0.2) is 30.5 Å². The second-order valence-electron chi connectivity index (χ2n) is 7.05. The summed E-state index contributed by atoms with van der Waals surface area (Å²) >= 11 is 2.27. The zero-order chi connectivity index (χ0) is 19.0. The van der Waals surface area contributed by atoms with Gasteiger partial charge in [0.05, 0.1) is 6.20 Å². The molecule has 0 atom stereocenters. The van der Waals surface area contributed by atoms with E-state index in [0.717, 1.165) is 40.5 Å². The number of benzene rings is 1. The summed E-state index contributed by atoms with van der Waals surface area (Å²) in [7, 11) is 0. The predicted molar refractivity (Wildman–Crippen MR) is 114 cm³/mol. The molecule has 0 spiro atoms. The number of anilines is 3. The highest BCUT2D eigenvalue weighted by Gasteiger charge is 2.22. The molecule has 1 aliphatic rings. The smallest absolute Gasteiger partial charge is 0.195 e. The minimum absolute atomic E-state index is 0.212. The van der Waals surface area contributed by atoms with E-state index in [9.17, 15) is 4.39 Å². The summed E-state index contributed by atoms with van der Waals surface area (Å²) in [5.41, 5.74) is 8.03. The summed E-state index contributed by atoms with van der Waals surface area (Å²) in [6.45, 7) is 1.97. The number of fused-ring (bicyclic) bond motifs is 1. The van der Waals surface area contributed by atoms with Crippen LogP contribution in [0, 0.1) is 16.3 Å². The second kappa shape index (κ2) is 7.59. The van der Waals surface area contributed by atoms with E-state index in [0.29, 0.717) is 17.7 Å². The third-order valence-electron chi connectivity index (χ3n) is 5.06. The molecule has 4 N–H and O–H groups in total. The van der Waals surface area contributed by atoms with Crippen LogP contribution in [0.4, 0.5) is 21.7 Å². The fraction of sp³-hybridized carbons (Fsp3) is 0.368. The van der Waals surface area contributed by atoms with Crippen molar-refractivity contribution < 1.29 is 4.39 Å². The highest BCUT2D eigenvalue weighted by atomic mass is 127. The average Bonchev–Trinajstić information content (AvgIpc) is 3.02. The molecule has 1 aliphatic carbocycles. The van der Waals surface area contributed by atoms with Crippen LogP contribution in [-0.4, -0.2) is 26.7 Å². The van der Waals surface area contributed by atoms with Crippen LogP contribution < -0.4 is 16.4 Å². The highest BCUT2D eigenvalue weighted by molar-refractivity contribution is 14.1. The summed E-state index contributed by atoms with van der Waals surface area (Å²) in [6.07, 6.45) is 5.18. The third kappa shape index (κ3) is 3.86. The lowest BCUT2D eigenvalue weighted by atomic mass is 9.92. The van der Waals surface area contributed by atoms with Gasteiger partial charge in [0, 0.05) is 26.9 Å². The molecule has 0 aliphatic heterocycles. The van der Waals surface area contributed by atoms with Gasteiger partial charge in [-0.2, -0.15) is 9.61 Å². The molecule has 8 heteroatoms. The van der Waals surface area contributed by atoms with Crippen molar-refractivity contribution in [3.05, 3.63) is 45.4 Å². The van der Waals surface area contributed by atoms with Gasteiger partial charge >= 0.3 is 0 Å². The van der Waals surface area contributed by atoms with Crippen molar-refractivity contribution in [2.24, 2.45) is 5.73 Å².